The Morgan fingerprint density at radius 1 is 1.32 bits per heavy atom. The highest BCUT2D eigenvalue weighted by Gasteiger charge is 2.15. The molecule has 0 heterocycles. The first-order valence-electron chi connectivity index (χ1n) is 6.23. The fourth-order valence-corrected chi connectivity index (χ4v) is 1.49. The molecule has 5 heteroatoms. The van der Waals surface area contributed by atoms with E-state index in [1.165, 1.54) is 14.0 Å². The number of hydrogen-bond acceptors (Lipinski definition) is 4. The highest BCUT2D eigenvalue weighted by molar-refractivity contribution is 5.72. The van der Waals surface area contributed by atoms with Gasteiger partial charge < -0.3 is 19.9 Å². The van der Waals surface area contributed by atoms with Gasteiger partial charge in [-0.25, -0.2) is 4.79 Å². The monoisotopic (exact) mass is 267 g/mol. The van der Waals surface area contributed by atoms with Crippen LogP contribution in [0.4, 0.5) is 0 Å². The molecule has 1 unspecified atom stereocenters. The van der Waals surface area contributed by atoms with Crippen molar-refractivity contribution in [2.45, 2.75) is 39.5 Å². The maximum atomic E-state index is 10.8. The van der Waals surface area contributed by atoms with Crippen molar-refractivity contribution < 1.29 is 19.4 Å². The topological polar surface area (TPSA) is 67.8 Å². The van der Waals surface area contributed by atoms with Crippen molar-refractivity contribution in [2.24, 2.45) is 0 Å². The average molecular weight is 267 g/mol. The van der Waals surface area contributed by atoms with Crippen molar-refractivity contribution in [3.8, 4) is 11.5 Å². The molecule has 0 spiro atoms. The number of carboxylic acid groups (broad SMARTS) is 1. The minimum absolute atomic E-state index is 0.379. The summed E-state index contributed by atoms with van der Waals surface area (Å²) in [5.41, 5.74) is 1.02. The molecule has 1 atom stereocenters. The van der Waals surface area contributed by atoms with E-state index in [4.69, 9.17) is 14.6 Å². The van der Waals surface area contributed by atoms with Gasteiger partial charge in [-0.15, -0.1) is 0 Å². The Labute approximate surface area is 113 Å². The first-order valence-corrected chi connectivity index (χ1v) is 6.23. The van der Waals surface area contributed by atoms with Gasteiger partial charge >= 0.3 is 5.97 Å². The number of aliphatic carboxylic acids is 1. The summed E-state index contributed by atoms with van der Waals surface area (Å²) in [6, 6.07) is 5.88. The number of carbonyl (C=O) groups is 1. The lowest BCUT2D eigenvalue weighted by atomic mass is 10.2. The quantitative estimate of drug-likeness (QED) is 0.791. The molecule has 0 aliphatic rings. The van der Waals surface area contributed by atoms with Gasteiger partial charge in [-0.2, -0.15) is 0 Å². The standard InChI is InChI=1S/C14H21NO4/c1-9(2)15-8-11-5-6-12(18-4)13(7-11)19-10(3)14(16)17/h5-7,9-10,15H,8H2,1-4H3,(H,16,17). The van der Waals surface area contributed by atoms with Gasteiger partial charge in [-0.1, -0.05) is 19.9 Å². The molecule has 0 bridgehead atoms. The number of methoxy groups -OCH3 is 1. The second-order valence-electron chi connectivity index (χ2n) is 4.62. The van der Waals surface area contributed by atoms with E-state index in [-0.39, 0.29) is 0 Å². The van der Waals surface area contributed by atoms with Gasteiger partial charge in [0.15, 0.2) is 17.6 Å². The maximum Gasteiger partial charge on any atom is 0.344 e. The molecular weight excluding hydrogens is 246 g/mol. The summed E-state index contributed by atoms with van der Waals surface area (Å²) in [6.45, 7) is 6.31. The number of rotatable bonds is 7. The van der Waals surface area contributed by atoms with Gasteiger partial charge in [0.2, 0.25) is 0 Å². The Balaban J connectivity index is 2.86. The Morgan fingerprint density at radius 2 is 2.00 bits per heavy atom. The van der Waals surface area contributed by atoms with Gasteiger partial charge in [0.1, 0.15) is 0 Å². The molecule has 0 aliphatic heterocycles. The molecule has 2 N–H and O–H groups in total. The van der Waals surface area contributed by atoms with Crippen LogP contribution in [0.3, 0.4) is 0 Å². The number of carboxylic acids is 1. The molecule has 0 amide bonds. The number of nitrogens with one attached hydrogen (secondary N) is 1. The number of ether oxygens (including phenoxy) is 2. The summed E-state index contributed by atoms with van der Waals surface area (Å²) in [6.07, 6.45) is -0.915. The lowest BCUT2D eigenvalue weighted by Gasteiger charge is -2.15. The lowest BCUT2D eigenvalue weighted by Crippen LogP contribution is -2.24. The predicted octanol–water partition coefficient (Wildman–Crippen LogP) is 2.05. The molecule has 0 saturated carbocycles. The lowest BCUT2D eigenvalue weighted by molar-refractivity contribution is -0.144. The second kappa shape index (κ2) is 6.99. The highest BCUT2D eigenvalue weighted by atomic mass is 16.5. The van der Waals surface area contributed by atoms with E-state index in [2.05, 4.69) is 19.2 Å². The Kier molecular flexibility index (Phi) is 5.63. The molecular formula is C14H21NO4. The van der Waals surface area contributed by atoms with Crippen LogP contribution in [-0.4, -0.2) is 30.3 Å². The smallest absolute Gasteiger partial charge is 0.344 e. The third kappa shape index (κ3) is 4.79. The van der Waals surface area contributed by atoms with Crippen molar-refractivity contribution in [1.82, 2.24) is 5.32 Å². The fraction of sp³-hybridized carbons (Fsp3) is 0.500. The summed E-state index contributed by atoms with van der Waals surface area (Å²) in [4.78, 5) is 10.8. The zero-order valence-corrected chi connectivity index (χ0v) is 11.8. The fourth-order valence-electron chi connectivity index (χ4n) is 1.49. The molecule has 19 heavy (non-hydrogen) atoms. The summed E-state index contributed by atoms with van der Waals surface area (Å²) in [5.74, 6) is -0.0328. The van der Waals surface area contributed by atoms with Crippen LogP contribution in [0.2, 0.25) is 0 Å². The summed E-state index contributed by atoms with van der Waals surface area (Å²) < 4.78 is 10.6. The SMILES string of the molecule is COc1ccc(CNC(C)C)cc1OC(C)C(=O)O. The van der Waals surface area contributed by atoms with Gasteiger partial charge in [0.25, 0.3) is 0 Å². The Morgan fingerprint density at radius 3 is 2.53 bits per heavy atom. The molecule has 1 aromatic rings. The molecule has 5 nitrogen and oxygen atoms in total. The first-order chi connectivity index (χ1) is 8.93. The first kappa shape index (κ1) is 15.3. The minimum Gasteiger partial charge on any atom is -0.493 e. The van der Waals surface area contributed by atoms with Crippen LogP contribution in [0.15, 0.2) is 18.2 Å². The van der Waals surface area contributed by atoms with E-state index in [1.54, 1.807) is 12.1 Å². The third-order valence-corrected chi connectivity index (χ3v) is 2.59. The van der Waals surface area contributed by atoms with Crippen molar-refractivity contribution in [2.75, 3.05) is 7.11 Å². The third-order valence-electron chi connectivity index (χ3n) is 2.59. The molecule has 0 aliphatic carbocycles. The van der Waals surface area contributed by atoms with Gasteiger partial charge in [-0.3, -0.25) is 0 Å². The van der Waals surface area contributed by atoms with Gasteiger partial charge in [-0.05, 0) is 24.6 Å². The zero-order valence-electron chi connectivity index (χ0n) is 11.8. The maximum absolute atomic E-state index is 10.8. The van der Waals surface area contributed by atoms with Crippen LogP contribution in [0.5, 0.6) is 11.5 Å². The van der Waals surface area contributed by atoms with E-state index in [0.29, 0.717) is 24.1 Å². The van der Waals surface area contributed by atoms with Crippen LogP contribution in [0.25, 0.3) is 0 Å². The van der Waals surface area contributed by atoms with Crippen molar-refractivity contribution in [1.29, 1.82) is 0 Å². The van der Waals surface area contributed by atoms with E-state index in [1.807, 2.05) is 6.07 Å². The number of hydrogen-bond donors (Lipinski definition) is 2. The molecule has 0 aromatic heterocycles. The molecule has 0 fully saturated rings. The summed E-state index contributed by atoms with van der Waals surface area (Å²) in [5, 5.41) is 12.2. The van der Waals surface area contributed by atoms with E-state index >= 15 is 0 Å². The number of benzene rings is 1. The van der Waals surface area contributed by atoms with Crippen LogP contribution in [-0.2, 0) is 11.3 Å². The van der Waals surface area contributed by atoms with E-state index < -0.39 is 12.1 Å². The predicted molar refractivity (Wildman–Crippen MR) is 72.7 cm³/mol. The van der Waals surface area contributed by atoms with Crippen LogP contribution in [0, 0.1) is 0 Å². The van der Waals surface area contributed by atoms with Crippen molar-refractivity contribution in [3.05, 3.63) is 23.8 Å². The molecule has 106 valence electrons. The van der Waals surface area contributed by atoms with Gasteiger partial charge in [0, 0.05) is 12.6 Å². The zero-order chi connectivity index (χ0) is 14.4. The molecule has 0 radical (unpaired) electrons. The Hall–Kier alpha value is -1.75. The normalized spacial score (nSPS) is 12.3. The minimum atomic E-state index is -1.01. The molecule has 1 aromatic carbocycles. The second-order valence-corrected chi connectivity index (χ2v) is 4.62. The van der Waals surface area contributed by atoms with Crippen LogP contribution >= 0.6 is 0 Å². The molecule has 1 rings (SSSR count). The Bertz CT molecular complexity index is 431. The largest absolute Gasteiger partial charge is 0.493 e. The van der Waals surface area contributed by atoms with Gasteiger partial charge in [0.05, 0.1) is 7.11 Å². The highest BCUT2D eigenvalue weighted by Crippen LogP contribution is 2.29. The van der Waals surface area contributed by atoms with E-state index in [9.17, 15) is 4.79 Å². The van der Waals surface area contributed by atoms with Crippen molar-refractivity contribution in [3.63, 3.8) is 0 Å². The van der Waals surface area contributed by atoms with Crippen molar-refractivity contribution >= 4 is 5.97 Å². The van der Waals surface area contributed by atoms with Crippen LogP contribution in [0.1, 0.15) is 26.3 Å². The van der Waals surface area contributed by atoms with E-state index in [0.717, 1.165) is 5.56 Å². The molecule has 0 saturated heterocycles. The summed E-state index contributed by atoms with van der Waals surface area (Å²) >= 11 is 0. The van der Waals surface area contributed by atoms with Crippen LogP contribution < -0.4 is 14.8 Å². The average Bonchev–Trinajstić information content (AvgIpc) is 2.36. The summed E-state index contributed by atoms with van der Waals surface area (Å²) in [7, 11) is 1.53.